The van der Waals surface area contributed by atoms with E-state index in [1.807, 2.05) is 18.2 Å². The zero-order valence-corrected chi connectivity index (χ0v) is 10.4. The van der Waals surface area contributed by atoms with E-state index in [9.17, 15) is 9.18 Å². The number of benzene rings is 2. The Kier molecular flexibility index (Phi) is 4.13. The van der Waals surface area contributed by atoms with Crippen molar-refractivity contribution in [2.45, 2.75) is 13.0 Å². The van der Waals surface area contributed by atoms with Crippen molar-refractivity contribution in [1.82, 2.24) is 5.32 Å². The molecular weight excluding hydrogens is 243 g/mol. The van der Waals surface area contributed by atoms with Gasteiger partial charge in [-0.05, 0) is 35.4 Å². The largest absolute Gasteiger partial charge is 0.399 e. The van der Waals surface area contributed by atoms with E-state index in [-0.39, 0.29) is 18.1 Å². The number of nitrogens with one attached hydrogen (secondary N) is 1. The van der Waals surface area contributed by atoms with Crippen molar-refractivity contribution in [1.29, 1.82) is 0 Å². The molecule has 0 radical (unpaired) electrons. The summed E-state index contributed by atoms with van der Waals surface area (Å²) >= 11 is 0. The third-order valence-corrected chi connectivity index (χ3v) is 2.72. The lowest BCUT2D eigenvalue weighted by Gasteiger charge is -2.06. The number of carbonyl (C=O) groups is 1. The number of halogens is 1. The standard InChI is InChI=1S/C15H15FN2O/c16-13-6-4-11(5-7-13)9-15(19)18-10-12-2-1-3-14(17)8-12/h1-8H,9-10,17H2,(H,18,19). The van der Waals surface area contributed by atoms with Crippen LogP contribution in [0.2, 0.25) is 0 Å². The second-order valence-electron chi connectivity index (χ2n) is 4.33. The Morgan fingerprint density at radius 3 is 2.53 bits per heavy atom. The van der Waals surface area contributed by atoms with Crippen molar-refractivity contribution in [2.24, 2.45) is 0 Å². The normalized spacial score (nSPS) is 10.2. The van der Waals surface area contributed by atoms with Gasteiger partial charge in [0.1, 0.15) is 5.82 Å². The lowest BCUT2D eigenvalue weighted by atomic mass is 10.1. The van der Waals surface area contributed by atoms with Crippen LogP contribution in [-0.4, -0.2) is 5.91 Å². The van der Waals surface area contributed by atoms with Crippen LogP contribution in [0, 0.1) is 5.82 Å². The van der Waals surface area contributed by atoms with E-state index in [1.165, 1.54) is 12.1 Å². The van der Waals surface area contributed by atoms with Crippen LogP contribution < -0.4 is 11.1 Å². The van der Waals surface area contributed by atoms with Gasteiger partial charge >= 0.3 is 0 Å². The fourth-order valence-electron chi connectivity index (χ4n) is 1.75. The van der Waals surface area contributed by atoms with Gasteiger partial charge in [-0.1, -0.05) is 24.3 Å². The van der Waals surface area contributed by atoms with Gasteiger partial charge in [0.2, 0.25) is 5.91 Å². The molecule has 2 aromatic carbocycles. The second-order valence-corrected chi connectivity index (χ2v) is 4.33. The van der Waals surface area contributed by atoms with Crippen LogP contribution in [0.15, 0.2) is 48.5 Å². The molecule has 2 rings (SSSR count). The summed E-state index contributed by atoms with van der Waals surface area (Å²) < 4.78 is 12.7. The SMILES string of the molecule is Nc1cccc(CNC(=O)Cc2ccc(F)cc2)c1. The number of hydrogen-bond donors (Lipinski definition) is 2. The van der Waals surface area contributed by atoms with Gasteiger partial charge in [-0.15, -0.1) is 0 Å². The molecule has 19 heavy (non-hydrogen) atoms. The fourth-order valence-corrected chi connectivity index (χ4v) is 1.75. The van der Waals surface area contributed by atoms with Gasteiger partial charge in [0.25, 0.3) is 0 Å². The number of nitrogens with two attached hydrogens (primary N) is 1. The Morgan fingerprint density at radius 2 is 1.84 bits per heavy atom. The molecule has 0 aliphatic carbocycles. The molecule has 0 heterocycles. The van der Waals surface area contributed by atoms with Gasteiger partial charge in [-0.3, -0.25) is 4.79 Å². The predicted molar refractivity (Wildman–Crippen MR) is 72.8 cm³/mol. The van der Waals surface area contributed by atoms with Gasteiger partial charge in [0, 0.05) is 12.2 Å². The van der Waals surface area contributed by atoms with E-state index in [4.69, 9.17) is 5.73 Å². The number of carbonyl (C=O) groups excluding carboxylic acids is 1. The van der Waals surface area contributed by atoms with Gasteiger partial charge < -0.3 is 11.1 Å². The average molecular weight is 258 g/mol. The van der Waals surface area contributed by atoms with Gasteiger partial charge in [0.05, 0.1) is 6.42 Å². The van der Waals surface area contributed by atoms with Crippen molar-refractivity contribution in [3.63, 3.8) is 0 Å². The summed E-state index contributed by atoms with van der Waals surface area (Å²) in [7, 11) is 0. The molecule has 0 spiro atoms. The maximum absolute atomic E-state index is 12.7. The smallest absolute Gasteiger partial charge is 0.224 e. The highest BCUT2D eigenvalue weighted by Crippen LogP contribution is 2.07. The predicted octanol–water partition coefficient (Wildman–Crippen LogP) is 2.27. The first-order valence-corrected chi connectivity index (χ1v) is 5.99. The minimum Gasteiger partial charge on any atom is -0.399 e. The maximum atomic E-state index is 12.7. The molecule has 2 aromatic rings. The van der Waals surface area contributed by atoms with E-state index in [0.717, 1.165) is 11.1 Å². The Balaban J connectivity index is 1.86. The topological polar surface area (TPSA) is 55.1 Å². The van der Waals surface area contributed by atoms with E-state index >= 15 is 0 Å². The zero-order valence-electron chi connectivity index (χ0n) is 10.4. The van der Waals surface area contributed by atoms with Crippen molar-refractivity contribution in [3.05, 3.63) is 65.5 Å². The molecule has 0 unspecified atom stereocenters. The summed E-state index contributed by atoms with van der Waals surface area (Å²) in [5, 5.41) is 2.80. The Bertz CT molecular complexity index is 567. The van der Waals surface area contributed by atoms with Crippen molar-refractivity contribution in [2.75, 3.05) is 5.73 Å². The number of nitrogen functional groups attached to an aromatic ring is 1. The quantitative estimate of drug-likeness (QED) is 0.826. The number of amides is 1. The van der Waals surface area contributed by atoms with Gasteiger partial charge in [-0.2, -0.15) is 0 Å². The molecule has 98 valence electrons. The van der Waals surface area contributed by atoms with Crippen LogP contribution in [0.1, 0.15) is 11.1 Å². The summed E-state index contributed by atoms with van der Waals surface area (Å²) in [6.07, 6.45) is 0.239. The molecule has 1 amide bonds. The Hall–Kier alpha value is -2.36. The average Bonchev–Trinajstić information content (AvgIpc) is 2.39. The molecule has 0 fully saturated rings. The molecule has 0 aromatic heterocycles. The zero-order chi connectivity index (χ0) is 13.7. The van der Waals surface area contributed by atoms with E-state index in [1.54, 1.807) is 18.2 Å². The van der Waals surface area contributed by atoms with Crippen LogP contribution in [0.25, 0.3) is 0 Å². The summed E-state index contributed by atoms with van der Waals surface area (Å²) in [5.41, 5.74) is 8.06. The van der Waals surface area contributed by atoms with E-state index < -0.39 is 0 Å². The highest BCUT2D eigenvalue weighted by Gasteiger charge is 2.03. The number of anilines is 1. The molecule has 0 aliphatic heterocycles. The molecule has 0 saturated heterocycles. The molecule has 3 N–H and O–H groups in total. The maximum Gasteiger partial charge on any atom is 0.224 e. The van der Waals surface area contributed by atoms with E-state index in [2.05, 4.69) is 5.32 Å². The third-order valence-electron chi connectivity index (χ3n) is 2.72. The monoisotopic (exact) mass is 258 g/mol. The van der Waals surface area contributed by atoms with Crippen molar-refractivity contribution < 1.29 is 9.18 Å². The highest BCUT2D eigenvalue weighted by atomic mass is 19.1. The van der Waals surface area contributed by atoms with Crippen LogP contribution in [0.3, 0.4) is 0 Å². The van der Waals surface area contributed by atoms with Crippen LogP contribution in [0.5, 0.6) is 0 Å². The van der Waals surface area contributed by atoms with E-state index in [0.29, 0.717) is 12.2 Å². The minimum absolute atomic E-state index is 0.103. The molecule has 4 heteroatoms. The van der Waals surface area contributed by atoms with Crippen LogP contribution in [-0.2, 0) is 17.8 Å². The first kappa shape index (κ1) is 13.1. The summed E-state index contributed by atoms with van der Waals surface area (Å²) in [4.78, 5) is 11.7. The number of rotatable bonds is 4. The van der Waals surface area contributed by atoms with Crippen molar-refractivity contribution in [3.8, 4) is 0 Å². The molecule has 0 saturated carbocycles. The summed E-state index contributed by atoms with van der Waals surface area (Å²) in [6, 6.07) is 13.3. The highest BCUT2D eigenvalue weighted by molar-refractivity contribution is 5.78. The minimum atomic E-state index is -0.302. The molecular formula is C15H15FN2O. The van der Waals surface area contributed by atoms with Gasteiger partial charge in [0.15, 0.2) is 0 Å². The molecule has 0 bridgehead atoms. The van der Waals surface area contributed by atoms with Crippen molar-refractivity contribution >= 4 is 11.6 Å². The first-order valence-electron chi connectivity index (χ1n) is 5.99. The number of hydrogen-bond acceptors (Lipinski definition) is 2. The van der Waals surface area contributed by atoms with Crippen LogP contribution in [0.4, 0.5) is 10.1 Å². The third kappa shape index (κ3) is 4.10. The molecule has 0 aliphatic rings. The molecule has 0 atom stereocenters. The van der Waals surface area contributed by atoms with Crippen LogP contribution >= 0.6 is 0 Å². The Labute approximate surface area is 111 Å². The Morgan fingerprint density at radius 1 is 1.11 bits per heavy atom. The summed E-state index contributed by atoms with van der Waals surface area (Å²) in [6.45, 7) is 0.436. The first-order chi connectivity index (χ1) is 9.13. The van der Waals surface area contributed by atoms with Gasteiger partial charge in [-0.25, -0.2) is 4.39 Å². The summed E-state index contributed by atoms with van der Waals surface area (Å²) in [5.74, 6) is -0.405. The fraction of sp³-hybridized carbons (Fsp3) is 0.133. The lowest BCUT2D eigenvalue weighted by Crippen LogP contribution is -2.24. The lowest BCUT2D eigenvalue weighted by molar-refractivity contribution is -0.120. The molecule has 3 nitrogen and oxygen atoms in total. The second kappa shape index (κ2) is 6.00.